The zero-order valence-corrected chi connectivity index (χ0v) is 11.4. The minimum Gasteiger partial charge on any atom is -0.368 e. The van der Waals surface area contributed by atoms with Crippen LogP contribution in [0.3, 0.4) is 0 Å². The summed E-state index contributed by atoms with van der Waals surface area (Å²) in [6.07, 6.45) is 4.17. The second kappa shape index (κ2) is 4.82. The van der Waals surface area contributed by atoms with Crippen LogP contribution < -0.4 is 10.6 Å². The number of piperidine rings is 1. The van der Waals surface area contributed by atoms with E-state index < -0.39 is 0 Å². The number of nitrogens with zero attached hydrogens (tertiary/aromatic N) is 2. The molecule has 2 aromatic rings. The summed E-state index contributed by atoms with van der Waals surface area (Å²) >= 11 is 1.70. The molecule has 1 fully saturated rings. The molecule has 0 bridgehead atoms. The van der Waals surface area contributed by atoms with Gasteiger partial charge in [0.2, 0.25) is 0 Å². The van der Waals surface area contributed by atoms with Gasteiger partial charge in [-0.05, 0) is 36.2 Å². The van der Waals surface area contributed by atoms with Crippen molar-refractivity contribution in [2.45, 2.75) is 19.8 Å². The summed E-state index contributed by atoms with van der Waals surface area (Å²) in [5.74, 6) is 0.974. The Morgan fingerprint density at radius 2 is 2.44 bits per heavy atom. The van der Waals surface area contributed by atoms with Gasteiger partial charge in [-0.1, -0.05) is 6.92 Å². The number of aromatic nitrogens is 2. The molecule has 1 unspecified atom stereocenters. The molecule has 0 aliphatic carbocycles. The third-order valence-electron chi connectivity index (χ3n) is 3.61. The first-order valence-electron chi connectivity index (χ1n) is 6.40. The molecule has 2 N–H and O–H groups in total. The molecular weight excluding hydrogens is 244 g/mol. The Morgan fingerprint density at radius 1 is 1.50 bits per heavy atom. The summed E-state index contributed by atoms with van der Waals surface area (Å²) in [6.45, 7) is 5.53. The van der Waals surface area contributed by atoms with Crippen molar-refractivity contribution in [3.8, 4) is 0 Å². The zero-order chi connectivity index (χ0) is 12.4. The highest BCUT2D eigenvalue weighted by Crippen LogP contribution is 2.28. The fraction of sp³-hybridized carbons (Fsp3) is 0.538. The summed E-state index contributed by atoms with van der Waals surface area (Å²) < 4.78 is 1.16. The lowest BCUT2D eigenvalue weighted by Crippen LogP contribution is -2.42. The fourth-order valence-corrected chi connectivity index (χ4v) is 3.29. The molecular formula is C13H18N4S. The molecule has 5 heteroatoms. The largest absolute Gasteiger partial charge is 0.368 e. The van der Waals surface area contributed by atoms with Gasteiger partial charge in [0.05, 0.1) is 10.2 Å². The number of anilines is 1. The third kappa shape index (κ3) is 2.33. The van der Waals surface area contributed by atoms with Crippen molar-refractivity contribution >= 4 is 27.4 Å². The average Bonchev–Trinajstić information content (AvgIpc) is 2.86. The van der Waals surface area contributed by atoms with Gasteiger partial charge in [0.25, 0.3) is 0 Å². The van der Waals surface area contributed by atoms with Gasteiger partial charge in [0, 0.05) is 13.1 Å². The van der Waals surface area contributed by atoms with Gasteiger partial charge in [0.15, 0.2) is 0 Å². The Bertz CT molecular complexity index is 531. The molecule has 96 valence electrons. The van der Waals surface area contributed by atoms with Crippen molar-refractivity contribution in [2.24, 2.45) is 5.41 Å². The Balaban J connectivity index is 1.74. The topological polar surface area (TPSA) is 49.8 Å². The summed E-state index contributed by atoms with van der Waals surface area (Å²) in [5, 5.41) is 9.04. The highest BCUT2D eigenvalue weighted by molar-refractivity contribution is 7.17. The third-order valence-corrected chi connectivity index (χ3v) is 4.52. The van der Waals surface area contributed by atoms with E-state index in [1.807, 2.05) is 6.07 Å². The first-order chi connectivity index (χ1) is 8.77. The lowest BCUT2D eigenvalue weighted by Gasteiger charge is -2.34. The van der Waals surface area contributed by atoms with Crippen molar-refractivity contribution in [1.29, 1.82) is 0 Å². The Kier molecular flexibility index (Phi) is 3.18. The maximum atomic E-state index is 4.36. The van der Waals surface area contributed by atoms with E-state index in [2.05, 4.69) is 32.9 Å². The monoisotopic (exact) mass is 262 g/mol. The van der Waals surface area contributed by atoms with Crippen LogP contribution in [0.1, 0.15) is 19.8 Å². The minimum atomic E-state index is 0.326. The molecule has 1 atom stereocenters. The molecule has 0 radical (unpaired) electrons. The van der Waals surface area contributed by atoms with E-state index in [9.17, 15) is 0 Å². The minimum absolute atomic E-state index is 0.326. The van der Waals surface area contributed by atoms with E-state index >= 15 is 0 Å². The molecule has 1 saturated heterocycles. The maximum Gasteiger partial charge on any atom is 0.147 e. The molecule has 0 saturated carbocycles. The molecule has 18 heavy (non-hydrogen) atoms. The molecule has 3 heterocycles. The fourth-order valence-electron chi connectivity index (χ4n) is 2.48. The van der Waals surface area contributed by atoms with Crippen molar-refractivity contribution in [3.63, 3.8) is 0 Å². The van der Waals surface area contributed by atoms with Crippen LogP contribution in [0.5, 0.6) is 0 Å². The van der Waals surface area contributed by atoms with Crippen molar-refractivity contribution < 1.29 is 0 Å². The van der Waals surface area contributed by atoms with Gasteiger partial charge in [-0.2, -0.15) is 0 Å². The van der Waals surface area contributed by atoms with Crippen LogP contribution in [0, 0.1) is 5.41 Å². The molecule has 1 aliphatic heterocycles. The second-order valence-electron chi connectivity index (χ2n) is 5.30. The van der Waals surface area contributed by atoms with Crippen LogP contribution in [0.25, 0.3) is 10.2 Å². The van der Waals surface area contributed by atoms with E-state index in [1.165, 1.54) is 12.8 Å². The number of fused-ring (bicyclic) bond motifs is 1. The van der Waals surface area contributed by atoms with Crippen LogP contribution in [0.15, 0.2) is 17.8 Å². The van der Waals surface area contributed by atoms with E-state index in [-0.39, 0.29) is 0 Å². The van der Waals surface area contributed by atoms with Gasteiger partial charge >= 0.3 is 0 Å². The predicted molar refractivity (Wildman–Crippen MR) is 76.1 cm³/mol. The van der Waals surface area contributed by atoms with Crippen LogP contribution in [0.2, 0.25) is 0 Å². The number of rotatable bonds is 3. The summed E-state index contributed by atoms with van der Waals surface area (Å²) in [7, 11) is 0. The van der Waals surface area contributed by atoms with Crippen molar-refractivity contribution in [1.82, 2.24) is 15.3 Å². The van der Waals surface area contributed by atoms with E-state index in [0.29, 0.717) is 5.41 Å². The van der Waals surface area contributed by atoms with Crippen LogP contribution in [-0.4, -0.2) is 29.6 Å². The lowest BCUT2D eigenvalue weighted by molar-refractivity contribution is 0.253. The first kappa shape index (κ1) is 11.9. The number of hydrogen-bond acceptors (Lipinski definition) is 5. The average molecular weight is 262 g/mol. The number of hydrogen-bond donors (Lipinski definition) is 2. The molecule has 0 spiro atoms. The summed E-state index contributed by atoms with van der Waals surface area (Å²) in [6, 6.07) is 2.04. The molecule has 0 amide bonds. The van der Waals surface area contributed by atoms with Crippen LogP contribution in [-0.2, 0) is 0 Å². The molecule has 2 aromatic heterocycles. The van der Waals surface area contributed by atoms with E-state index in [1.54, 1.807) is 17.7 Å². The van der Waals surface area contributed by atoms with Gasteiger partial charge in [-0.15, -0.1) is 11.3 Å². The SMILES string of the molecule is CC1(CNc2ncnc3ccsc23)CCCNC1. The van der Waals surface area contributed by atoms with Crippen molar-refractivity contribution in [2.75, 3.05) is 25.0 Å². The quantitative estimate of drug-likeness (QED) is 0.892. The second-order valence-corrected chi connectivity index (χ2v) is 6.22. The molecule has 3 rings (SSSR count). The first-order valence-corrected chi connectivity index (χ1v) is 7.28. The maximum absolute atomic E-state index is 4.36. The summed E-state index contributed by atoms with van der Waals surface area (Å²) in [4.78, 5) is 8.62. The van der Waals surface area contributed by atoms with Crippen LogP contribution in [0.4, 0.5) is 5.82 Å². The Morgan fingerprint density at radius 3 is 3.28 bits per heavy atom. The Hall–Kier alpha value is -1.20. The van der Waals surface area contributed by atoms with E-state index in [4.69, 9.17) is 0 Å². The predicted octanol–water partition coefficient (Wildman–Crippen LogP) is 2.49. The van der Waals surface area contributed by atoms with Crippen LogP contribution >= 0.6 is 11.3 Å². The normalized spacial score (nSPS) is 24.3. The molecule has 4 nitrogen and oxygen atoms in total. The van der Waals surface area contributed by atoms with E-state index in [0.717, 1.165) is 35.7 Å². The highest BCUT2D eigenvalue weighted by atomic mass is 32.1. The highest BCUT2D eigenvalue weighted by Gasteiger charge is 2.26. The van der Waals surface area contributed by atoms with Gasteiger partial charge in [0.1, 0.15) is 12.1 Å². The zero-order valence-electron chi connectivity index (χ0n) is 10.6. The summed E-state index contributed by atoms with van der Waals surface area (Å²) in [5.41, 5.74) is 1.36. The standard InChI is InChI=1S/C13H18N4S/c1-13(4-2-5-14-7-13)8-15-12-11-10(3-6-18-11)16-9-17-12/h3,6,9,14H,2,4-5,7-8H2,1H3,(H,15,16,17). The number of nitrogens with one attached hydrogen (secondary N) is 2. The van der Waals surface area contributed by atoms with Gasteiger partial charge < -0.3 is 10.6 Å². The number of thiophene rings is 1. The van der Waals surface area contributed by atoms with Gasteiger partial charge in [-0.3, -0.25) is 0 Å². The van der Waals surface area contributed by atoms with Gasteiger partial charge in [-0.25, -0.2) is 9.97 Å². The Labute approximate surface area is 111 Å². The lowest BCUT2D eigenvalue weighted by atomic mass is 9.83. The smallest absolute Gasteiger partial charge is 0.147 e. The molecule has 0 aromatic carbocycles. The van der Waals surface area contributed by atoms with Crippen molar-refractivity contribution in [3.05, 3.63) is 17.8 Å². The molecule has 1 aliphatic rings.